The zero-order valence-corrected chi connectivity index (χ0v) is 10.5. The predicted octanol–water partition coefficient (Wildman–Crippen LogP) is 4.84. The molecule has 0 saturated carbocycles. The second-order valence-electron chi connectivity index (χ2n) is 5.64. The highest BCUT2D eigenvalue weighted by atomic mass is 14.3. The van der Waals surface area contributed by atoms with E-state index in [0.29, 0.717) is 5.41 Å². The molecule has 1 aliphatic rings. The summed E-state index contributed by atoms with van der Waals surface area (Å²) < 4.78 is 0. The molecule has 0 saturated heterocycles. The summed E-state index contributed by atoms with van der Waals surface area (Å²) in [5.41, 5.74) is 4.68. The highest BCUT2D eigenvalue weighted by molar-refractivity contribution is 5.57. The Hall–Kier alpha value is -1.30. The van der Waals surface area contributed by atoms with Gasteiger partial charge in [-0.2, -0.15) is 0 Å². The van der Waals surface area contributed by atoms with Crippen LogP contribution in [-0.2, 0) is 0 Å². The Morgan fingerprint density at radius 2 is 1.75 bits per heavy atom. The first-order valence-corrected chi connectivity index (χ1v) is 5.98. The fraction of sp³-hybridized carbons (Fsp3) is 0.375. The molecule has 0 nitrogen and oxygen atoms in total. The van der Waals surface area contributed by atoms with Crippen molar-refractivity contribution in [3.63, 3.8) is 0 Å². The van der Waals surface area contributed by atoms with Crippen LogP contribution in [0.15, 0.2) is 47.6 Å². The SMILES string of the molecule is CC1=C/C(=C/c2ccccc2)CC(C)(C)C1. The first kappa shape index (κ1) is 11.2. The molecule has 0 spiro atoms. The Kier molecular flexibility index (Phi) is 3.00. The Morgan fingerprint density at radius 3 is 2.38 bits per heavy atom. The monoisotopic (exact) mass is 212 g/mol. The maximum atomic E-state index is 2.35. The second-order valence-corrected chi connectivity index (χ2v) is 5.64. The topological polar surface area (TPSA) is 0 Å². The van der Waals surface area contributed by atoms with Gasteiger partial charge in [0, 0.05) is 0 Å². The maximum absolute atomic E-state index is 2.35. The molecule has 2 rings (SSSR count). The minimum atomic E-state index is 0.416. The second kappa shape index (κ2) is 4.29. The molecule has 0 aliphatic heterocycles. The van der Waals surface area contributed by atoms with Crippen molar-refractivity contribution >= 4 is 6.08 Å². The molecule has 0 heterocycles. The molecule has 0 N–H and O–H groups in total. The largest absolute Gasteiger partial charge is 0.0725 e. The van der Waals surface area contributed by atoms with Crippen LogP contribution in [0.3, 0.4) is 0 Å². The van der Waals surface area contributed by atoms with E-state index in [1.807, 2.05) is 0 Å². The van der Waals surface area contributed by atoms with Gasteiger partial charge in [0.15, 0.2) is 0 Å². The molecule has 1 aromatic carbocycles. The Labute approximate surface area is 98.7 Å². The first-order valence-electron chi connectivity index (χ1n) is 5.98. The number of hydrogen-bond donors (Lipinski definition) is 0. The fourth-order valence-corrected chi connectivity index (χ4v) is 2.64. The quantitative estimate of drug-likeness (QED) is 0.625. The van der Waals surface area contributed by atoms with E-state index in [-0.39, 0.29) is 0 Å². The van der Waals surface area contributed by atoms with E-state index in [0.717, 1.165) is 0 Å². The number of hydrogen-bond acceptors (Lipinski definition) is 0. The zero-order valence-electron chi connectivity index (χ0n) is 10.5. The lowest BCUT2D eigenvalue weighted by Crippen LogP contribution is -2.16. The number of allylic oxidation sites excluding steroid dienone is 3. The molecule has 0 atom stereocenters. The average molecular weight is 212 g/mol. The van der Waals surface area contributed by atoms with Crippen LogP contribution in [0.2, 0.25) is 0 Å². The summed E-state index contributed by atoms with van der Waals surface area (Å²) in [6.45, 7) is 6.93. The third-order valence-electron chi connectivity index (χ3n) is 3.02. The van der Waals surface area contributed by atoms with E-state index in [2.05, 4.69) is 63.3 Å². The van der Waals surface area contributed by atoms with E-state index in [1.54, 1.807) is 0 Å². The highest BCUT2D eigenvalue weighted by Gasteiger charge is 2.23. The van der Waals surface area contributed by atoms with Gasteiger partial charge in [-0.15, -0.1) is 0 Å². The van der Waals surface area contributed by atoms with Crippen molar-refractivity contribution in [2.75, 3.05) is 0 Å². The van der Waals surface area contributed by atoms with Crippen molar-refractivity contribution in [2.45, 2.75) is 33.6 Å². The molecule has 0 aromatic heterocycles. The van der Waals surface area contributed by atoms with Crippen LogP contribution in [-0.4, -0.2) is 0 Å². The van der Waals surface area contributed by atoms with Gasteiger partial charge < -0.3 is 0 Å². The van der Waals surface area contributed by atoms with Gasteiger partial charge in [0.2, 0.25) is 0 Å². The molecule has 1 aliphatic carbocycles. The lowest BCUT2D eigenvalue weighted by Gasteiger charge is -2.30. The minimum Gasteiger partial charge on any atom is -0.0725 e. The summed E-state index contributed by atoms with van der Waals surface area (Å²) in [5.74, 6) is 0. The van der Waals surface area contributed by atoms with Crippen LogP contribution in [0.25, 0.3) is 6.08 Å². The number of benzene rings is 1. The first-order chi connectivity index (χ1) is 7.55. The van der Waals surface area contributed by atoms with Gasteiger partial charge in [0.05, 0.1) is 0 Å². The third-order valence-corrected chi connectivity index (χ3v) is 3.02. The Balaban J connectivity index is 2.28. The van der Waals surface area contributed by atoms with Crippen molar-refractivity contribution in [3.05, 3.63) is 53.1 Å². The van der Waals surface area contributed by atoms with Crippen LogP contribution in [0.1, 0.15) is 39.2 Å². The van der Waals surface area contributed by atoms with Crippen LogP contribution in [0.5, 0.6) is 0 Å². The minimum absolute atomic E-state index is 0.416. The summed E-state index contributed by atoms with van der Waals surface area (Å²) in [6, 6.07) is 10.6. The van der Waals surface area contributed by atoms with E-state index < -0.39 is 0 Å². The van der Waals surface area contributed by atoms with E-state index in [4.69, 9.17) is 0 Å². The maximum Gasteiger partial charge on any atom is -0.0224 e. The summed E-state index contributed by atoms with van der Waals surface area (Å²) in [6.07, 6.45) is 7.06. The van der Waals surface area contributed by atoms with Crippen LogP contribution >= 0.6 is 0 Å². The zero-order chi connectivity index (χ0) is 11.6. The average Bonchev–Trinajstić information content (AvgIpc) is 2.15. The van der Waals surface area contributed by atoms with Gasteiger partial charge in [-0.05, 0) is 36.3 Å². The van der Waals surface area contributed by atoms with Crippen LogP contribution in [0, 0.1) is 5.41 Å². The molecule has 0 fully saturated rings. The molecular weight excluding hydrogens is 192 g/mol. The van der Waals surface area contributed by atoms with Crippen molar-refractivity contribution in [3.8, 4) is 0 Å². The van der Waals surface area contributed by atoms with E-state index in [9.17, 15) is 0 Å². The molecule has 0 heteroatoms. The van der Waals surface area contributed by atoms with Crippen molar-refractivity contribution in [1.29, 1.82) is 0 Å². The standard InChI is InChI=1S/C16H20/c1-13-9-15(12-16(2,3)11-13)10-14-7-5-4-6-8-14/h4-10H,11-12H2,1-3H3/b15-10-. The van der Waals surface area contributed by atoms with Gasteiger partial charge in [0.25, 0.3) is 0 Å². The van der Waals surface area contributed by atoms with Crippen molar-refractivity contribution < 1.29 is 0 Å². The van der Waals surface area contributed by atoms with Gasteiger partial charge in [-0.3, -0.25) is 0 Å². The van der Waals surface area contributed by atoms with Crippen molar-refractivity contribution in [2.24, 2.45) is 5.41 Å². The predicted molar refractivity (Wildman–Crippen MR) is 71.2 cm³/mol. The lowest BCUT2D eigenvalue weighted by molar-refractivity contribution is 0.352. The van der Waals surface area contributed by atoms with Gasteiger partial charge >= 0.3 is 0 Å². The van der Waals surface area contributed by atoms with Gasteiger partial charge in [-0.25, -0.2) is 0 Å². The van der Waals surface area contributed by atoms with Crippen molar-refractivity contribution in [1.82, 2.24) is 0 Å². The normalized spacial score (nSPS) is 21.9. The molecule has 0 bridgehead atoms. The van der Waals surface area contributed by atoms with E-state index in [1.165, 1.54) is 29.6 Å². The molecule has 1 aromatic rings. The summed E-state index contributed by atoms with van der Waals surface area (Å²) in [4.78, 5) is 0. The molecular formula is C16H20. The fourth-order valence-electron chi connectivity index (χ4n) is 2.64. The molecule has 84 valence electrons. The Bertz CT molecular complexity index is 419. The van der Waals surface area contributed by atoms with Gasteiger partial charge in [-0.1, -0.05) is 61.9 Å². The van der Waals surface area contributed by atoms with Crippen LogP contribution in [0.4, 0.5) is 0 Å². The lowest BCUT2D eigenvalue weighted by atomic mass is 9.75. The highest BCUT2D eigenvalue weighted by Crippen LogP contribution is 2.38. The molecule has 0 radical (unpaired) electrons. The molecule has 0 unspecified atom stereocenters. The molecule has 0 amide bonds. The summed E-state index contributed by atoms with van der Waals surface area (Å²) >= 11 is 0. The summed E-state index contributed by atoms with van der Waals surface area (Å²) in [5, 5.41) is 0. The van der Waals surface area contributed by atoms with Crippen LogP contribution < -0.4 is 0 Å². The third kappa shape index (κ3) is 2.85. The number of rotatable bonds is 1. The van der Waals surface area contributed by atoms with Gasteiger partial charge in [0.1, 0.15) is 0 Å². The molecule has 16 heavy (non-hydrogen) atoms. The van der Waals surface area contributed by atoms with E-state index >= 15 is 0 Å². The summed E-state index contributed by atoms with van der Waals surface area (Å²) in [7, 11) is 0. The Morgan fingerprint density at radius 1 is 1.06 bits per heavy atom. The smallest absolute Gasteiger partial charge is 0.0224 e.